The molecular formula is C16H28N4O. The number of amides is 2. The van der Waals surface area contributed by atoms with Crippen LogP contribution in [0.2, 0.25) is 0 Å². The highest BCUT2D eigenvalue weighted by Gasteiger charge is 2.28. The standard InChI is InChI=1S/C16H28N4O/c1-12(2)9-15-7-5-6-8-20(15)16(21)18-13(3)14-10-17-19(4)11-14/h10-13,15H,5-9H2,1-4H3,(H,18,21)/t13-,15-/m1/s1. The first-order valence-corrected chi connectivity index (χ1v) is 8.03. The number of likely N-dealkylation sites (tertiary alicyclic amines) is 1. The minimum atomic E-state index is -0.00664. The maximum atomic E-state index is 12.6. The Hall–Kier alpha value is -1.52. The highest BCUT2D eigenvalue weighted by Crippen LogP contribution is 2.23. The number of hydrogen-bond acceptors (Lipinski definition) is 2. The number of nitrogens with one attached hydrogen (secondary N) is 1. The van der Waals surface area contributed by atoms with E-state index < -0.39 is 0 Å². The zero-order chi connectivity index (χ0) is 15.4. The van der Waals surface area contributed by atoms with Crippen molar-refractivity contribution in [3.63, 3.8) is 0 Å². The SMILES string of the molecule is CC(C)C[C@H]1CCCCN1C(=O)N[C@H](C)c1cnn(C)c1. The lowest BCUT2D eigenvalue weighted by Crippen LogP contribution is -2.49. The number of urea groups is 1. The molecule has 1 saturated heterocycles. The predicted octanol–water partition coefficient (Wildman–Crippen LogP) is 3.09. The molecule has 1 aromatic rings. The molecule has 2 heterocycles. The molecule has 1 N–H and O–H groups in total. The van der Waals surface area contributed by atoms with Crippen LogP contribution in [-0.2, 0) is 7.05 Å². The van der Waals surface area contributed by atoms with E-state index in [1.807, 2.05) is 31.3 Å². The fraction of sp³-hybridized carbons (Fsp3) is 0.750. The van der Waals surface area contributed by atoms with Crippen LogP contribution in [0.3, 0.4) is 0 Å². The first kappa shape index (κ1) is 15.9. The quantitative estimate of drug-likeness (QED) is 0.927. The van der Waals surface area contributed by atoms with E-state index in [0.29, 0.717) is 12.0 Å². The van der Waals surface area contributed by atoms with Crippen molar-refractivity contribution < 1.29 is 4.79 Å². The topological polar surface area (TPSA) is 50.2 Å². The molecule has 0 radical (unpaired) electrons. The van der Waals surface area contributed by atoms with Gasteiger partial charge in [0.05, 0.1) is 12.2 Å². The summed E-state index contributed by atoms with van der Waals surface area (Å²) >= 11 is 0. The number of piperidine rings is 1. The van der Waals surface area contributed by atoms with Gasteiger partial charge in [-0.25, -0.2) is 4.79 Å². The second-order valence-electron chi connectivity index (χ2n) is 6.59. The van der Waals surface area contributed by atoms with Crippen molar-refractivity contribution in [1.82, 2.24) is 20.0 Å². The van der Waals surface area contributed by atoms with Gasteiger partial charge in [0.25, 0.3) is 0 Å². The lowest BCUT2D eigenvalue weighted by Gasteiger charge is -2.37. The lowest BCUT2D eigenvalue weighted by atomic mass is 9.94. The average molecular weight is 292 g/mol. The van der Waals surface area contributed by atoms with Gasteiger partial charge in [0.1, 0.15) is 0 Å². The van der Waals surface area contributed by atoms with Crippen molar-refractivity contribution in [3.8, 4) is 0 Å². The van der Waals surface area contributed by atoms with E-state index >= 15 is 0 Å². The Morgan fingerprint density at radius 3 is 2.81 bits per heavy atom. The molecule has 0 unspecified atom stereocenters. The number of nitrogens with zero attached hydrogens (tertiary/aromatic N) is 3. The summed E-state index contributed by atoms with van der Waals surface area (Å²) in [5.41, 5.74) is 1.04. The summed E-state index contributed by atoms with van der Waals surface area (Å²) < 4.78 is 1.76. The van der Waals surface area contributed by atoms with Crippen LogP contribution in [0.15, 0.2) is 12.4 Å². The normalized spacial score (nSPS) is 20.6. The molecule has 1 aliphatic rings. The molecule has 5 nitrogen and oxygen atoms in total. The third-order valence-electron chi connectivity index (χ3n) is 4.20. The number of aromatic nitrogens is 2. The Bertz CT molecular complexity index is 469. The fourth-order valence-electron chi connectivity index (χ4n) is 3.07. The smallest absolute Gasteiger partial charge is 0.318 e. The Balaban J connectivity index is 1.96. The van der Waals surface area contributed by atoms with E-state index in [-0.39, 0.29) is 12.1 Å². The molecule has 118 valence electrons. The minimum absolute atomic E-state index is 0.00664. The number of carbonyl (C=O) groups is 1. The minimum Gasteiger partial charge on any atom is -0.331 e. The van der Waals surface area contributed by atoms with Gasteiger partial charge in [0.15, 0.2) is 0 Å². The number of hydrogen-bond donors (Lipinski definition) is 1. The van der Waals surface area contributed by atoms with E-state index in [1.165, 1.54) is 6.42 Å². The summed E-state index contributed by atoms with van der Waals surface area (Å²) in [6.07, 6.45) is 8.34. The van der Waals surface area contributed by atoms with Crippen molar-refractivity contribution >= 4 is 6.03 Å². The van der Waals surface area contributed by atoms with Crippen LogP contribution in [0, 0.1) is 5.92 Å². The van der Waals surface area contributed by atoms with Gasteiger partial charge in [-0.2, -0.15) is 5.10 Å². The van der Waals surface area contributed by atoms with E-state index in [4.69, 9.17) is 0 Å². The van der Waals surface area contributed by atoms with Gasteiger partial charge in [0.2, 0.25) is 0 Å². The number of rotatable bonds is 4. The Morgan fingerprint density at radius 1 is 1.43 bits per heavy atom. The molecule has 0 saturated carbocycles. The van der Waals surface area contributed by atoms with Gasteiger partial charge in [0, 0.05) is 31.4 Å². The van der Waals surface area contributed by atoms with Crippen LogP contribution < -0.4 is 5.32 Å². The van der Waals surface area contributed by atoms with E-state index in [2.05, 4.69) is 24.3 Å². The molecule has 1 aliphatic heterocycles. The molecule has 0 aliphatic carbocycles. The third-order valence-corrected chi connectivity index (χ3v) is 4.20. The fourth-order valence-corrected chi connectivity index (χ4v) is 3.07. The third kappa shape index (κ3) is 4.22. The van der Waals surface area contributed by atoms with Crippen LogP contribution in [0.5, 0.6) is 0 Å². The monoisotopic (exact) mass is 292 g/mol. The summed E-state index contributed by atoms with van der Waals surface area (Å²) in [6, 6.07) is 0.448. The van der Waals surface area contributed by atoms with Crippen LogP contribution in [-0.4, -0.2) is 33.3 Å². The summed E-state index contributed by atoms with van der Waals surface area (Å²) in [5, 5.41) is 7.28. The van der Waals surface area contributed by atoms with Crippen molar-refractivity contribution in [3.05, 3.63) is 18.0 Å². The Morgan fingerprint density at radius 2 is 2.19 bits per heavy atom. The number of aryl methyl sites for hydroxylation is 1. The van der Waals surface area contributed by atoms with Gasteiger partial charge in [-0.05, 0) is 38.5 Å². The zero-order valence-electron chi connectivity index (χ0n) is 13.7. The van der Waals surface area contributed by atoms with E-state index in [0.717, 1.165) is 31.4 Å². The molecule has 21 heavy (non-hydrogen) atoms. The highest BCUT2D eigenvalue weighted by atomic mass is 16.2. The first-order valence-electron chi connectivity index (χ1n) is 8.03. The molecule has 1 aromatic heterocycles. The molecule has 0 bridgehead atoms. The van der Waals surface area contributed by atoms with Crippen LogP contribution >= 0.6 is 0 Å². The van der Waals surface area contributed by atoms with Gasteiger partial charge < -0.3 is 10.2 Å². The van der Waals surface area contributed by atoms with Crippen LogP contribution in [0.25, 0.3) is 0 Å². The van der Waals surface area contributed by atoms with Crippen molar-refractivity contribution in [1.29, 1.82) is 0 Å². The molecule has 2 rings (SSSR count). The average Bonchev–Trinajstić information content (AvgIpc) is 2.85. The highest BCUT2D eigenvalue weighted by molar-refractivity contribution is 5.75. The number of carbonyl (C=O) groups excluding carboxylic acids is 1. The van der Waals surface area contributed by atoms with Crippen molar-refractivity contribution in [2.24, 2.45) is 13.0 Å². The van der Waals surface area contributed by atoms with Crippen LogP contribution in [0.1, 0.15) is 58.1 Å². The summed E-state index contributed by atoms with van der Waals surface area (Å²) in [6.45, 7) is 7.34. The molecular weight excluding hydrogens is 264 g/mol. The maximum absolute atomic E-state index is 12.6. The van der Waals surface area contributed by atoms with Crippen LogP contribution in [0.4, 0.5) is 4.79 Å². The molecule has 0 aromatic carbocycles. The second-order valence-corrected chi connectivity index (χ2v) is 6.59. The lowest BCUT2D eigenvalue weighted by molar-refractivity contribution is 0.137. The Labute approximate surface area is 127 Å². The molecule has 5 heteroatoms. The van der Waals surface area contributed by atoms with Gasteiger partial charge >= 0.3 is 6.03 Å². The van der Waals surface area contributed by atoms with Gasteiger partial charge in [-0.15, -0.1) is 0 Å². The summed E-state index contributed by atoms with van der Waals surface area (Å²) in [4.78, 5) is 14.6. The molecule has 2 atom stereocenters. The van der Waals surface area contributed by atoms with Crippen molar-refractivity contribution in [2.75, 3.05) is 6.54 Å². The second kappa shape index (κ2) is 6.96. The summed E-state index contributed by atoms with van der Waals surface area (Å²) in [5.74, 6) is 0.624. The zero-order valence-corrected chi connectivity index (χ0v) is 13.7. The maximum Gasteiger partial charge on any atom is 0.318 e. The molecule has 2 amide bonds. The largest absolute Gasteiger partial charge is 0.331 e. The predicted molar refractivity (Wildman–Crippen MR) is 84.0 cm³/mol. The van der Waals surface area contributed by atoms with Gasteiger partial charge in [-0.1, -0.05) is 13.8 Å². The van der Waals surface area contributed by atoms with E-state index in [1.54, 1.807) is 4.68 Å². The Kier molecular flexibility index (Phi) is 5.26. The molecule has 1 fully saturated rings. The summed E-state index contributed by atoms with van der Waals surface area (Å²) in [7, 11) is 1.89. The molecule has 0 spiro atoms. The van der Waals surface area contributed by atoms with E-state index in [9.17, 15) is 4.79 Å². The van der Waals surface area contributed by atoms with Crippen molar-refractivity contribution in [2.45, 2.75) is 58.5 Å². The van der Waals surface area contributed by atoms with Gasteiger partial charge in [-0.3, -0.25) is 4.68 Å². The first-order chi connectivity index (χ1) is 9.97.